The maximum absolute atomic E-state index is 13.6. The van der Waals surface area contributed by atoms with Crippen LogP contribution >= 0.6 is 0 Å². The zero-order chi connectivity index (χ0) is 13.4. The highest BCUT2D eigenvalue weighted by Crippen LogP contribution is 2.34. The fourth-order valence-corrected chi connectivity index (χ4v) is 2.14. The number of benzene rings is 2. The number of fused-ring (bicyclic) bond motifs is 1. The van der Waals surface area contributed by atoms with Gasteiger partial charge in [0.05, 0.1) is 12.2 Å². The van der Waals surface area contributed by atoms with E-state index < -0.39 is 0 Å². The van der Waals surface area contributed by atoms with Gasteiger partial charge in [0.2, 0.25) is 0 Å². The van der Waals surface area contributed by atoms with E-state index in [-0.39, 0.29) is 17.7 Å². The van der Waals surface area contributed by atoms with E-state index in [0.29, 0.717) is 23.5 Å². The Labute approximate surface area is 110 Å². The minimum absolute atomic E-state index is 0.244. The van der Waals surface area contributed by atoms with Gasteiger partial charge in [-0.25, -0.2) is 8.78 Å². The summed E-state index contributed by atoms with van der Waals surface area (Å²) in [6.07, 6.45) is -0.270. The quantitative estimate of drug-likeness (QED) is 0.842. The Morgan fingerprint density at radius 2 is 2.00 bits per heavy atom. The summed E-state index contributed by atoms with van der Waals surface area (Å²) in [4.78, 5) is 0. The standard InChI is InChI=1S/C15H13F2NO/c1-9-2-3-10(6-12(9)17)15-8-18-13-7-11(16)4-5-14(13)19-15/h2-7,15,18H,8H2,1H3. The van der Waals surface area contributed by atoms with Gasteiger partial charge < -0.3 is 10.1 Å². The first-order chi connectivity index (χ1) is 9.13. The molecule has 0 aliphatic carbocycles. The third kappa shape index (κ3) is 2.26. The van der Waals surface area contributed by atoms with Crippen LogP contribution in [0.25, 0.3) is 0 Å². The highest BCUT2D eigenvalue weighted by atomic mass is 19.1. The van der Waals surface area contributed by atoms with Crippen LogP contribution in [0.15, 0.2) is 36.4 Å². The third-order valence-corrected chi connectivity index (χ3v) is 3.26. The van der Waals surface area contributed by atoms with Gasteiger partial charge in [-0.05, 0) is 36.2 Å². The highest BCUT2D eigenvalue weighted by Gasteiger charge is 2.21. The van der Waals surface area contributed by atoms with Gasteiger partial charge in [0, 0.05) is 6.07 Å². The average molecular weight is 261 g/mol. The van der Waals surface area contributed by atoms with Gasteiger partial charge in [0.25, 0.3) is 0 Å². The molecule has 0 saturated heterocycles. The summed E-state index contributed by atoms with van der Waals surface area (Å²) in [5.41, 5.74) is 2.00. The monoisotopic (exact) mass is 261 g/mol. The van der Waals surface area contributed by atoms with E-state index in [9.17, 15) is 8.78 Å². The Kier molecular flexibility index (Phi) is 2.85. The van der Waals surface area contributed by atoms with Crippen molar-refractivity contribution in [2.75, 3.05) is 11.9 Å². The van der Waals surface area contributed by atoms with Crippen LogP contribution in [-0.2, 0) is 0 Å². The number of aryl methyl sites for hydroxylation is 1. The van der Waals surface area contributed by atoms with Crippen LogP contribution in [0.3, 0.4) is 0 Å². The lowest BCUT2D eigenvalue weighted by Gasteiger charge is -2.27. The number of halogens is 2. The number of rotatable bonds is 1. The van der Waals surface area contributed by atoms with E-state index in [2.05, 4.69) is 5.32 Å². The molecule has 0 radical (unpaired) electrons. The smallest absolute Gasteiger partial charge is 0.143 e. The van der Waals surface area contributed by atoms with Crippen LogP contribution in [0.2, 0.25) is 0 Å². The number of hydrogen-bond donors (Lipinski definition) is 1. The van der Waals surface area contributed by atoms with Crippen molar-refractivity contribution >= 4 is 5.69 Å². The second-order valence-electron chi connectivity index (χ2n) is 4.64. The minimum Gasteiger partial charge on any atom is -0.482 e. The van der Waals surface area contributed by atoms with E-state index in [1.807, 2.05) is 6.07 Å². The van der Waals surface area contributed by atoms with E-state index in [4.69, 9.17) is 4.74 Å². The first-order valence-corrected chi connectivity index (χ1v) is 6.09. The second-order valence-corrected chi connectivity index (χ2v) is 4.64. The Morgan fingerprint density at radius 3 is 2.79 bits per heavy atom. The van der Waals surface area contributed by atoms with Gasteiger partial charge in [0.15, 0.2) is 0 Å². The molecule has 1 aliphatic heterocycles. The van der Waals surface area contributed by atoms with E-state index in [1.54, 1.807) is 19.1 Å². The summed E-state index contributed by atoms with van der Waals surface area (Å²) in [5, 5.41) is 3.10. The van der Waals surface area contributed by atoms with Crippen molar-refractivity contribution < 1.29 is 13.5 Å². The van der Waals surface area contributed by atoms with Gasteiger partial charge in [-0.2, -0.15) is 0 Å². The molecule has 2 aromatic rings. The van der Waals surface area contributed by atoms with Crippen molar-refractivity contribution in [2.24, 2.45) is 0 Å². The molecule has 1 aliphatic rings. The molecule has 0 amide bonds. The van der Waals surface area contributed by atoms with Gasteiger partial charge >= 0.3 is 0 Å². The zero-order valence-electron chi connectivity index (χ0n) is 10.4. The molecule has 0 aromatic heterocycles. The lowest BCUT2D eigenvalue weighted by atomic mass is 10.1. The summed E-state index contributed by atoms with van der Waals surface area (Å²) < 4.78 is 32.4. The maximum atomic E-state index is 13.6. The Balaban J connectivity index is 1.89. The van der Waals surface area contributed by atoms with Crippen LogP contribution < -0.4 is 10.1 Å². The number of anilines is 1. The van der Waals surface area contributed by atoms with Gasteiger partial charge in [-0.1, -0.05) is 12.1 Å². The predicted octanol–water partition coefficient (Wildman–Crippen LogP) is 3.82. The maximum Gasteiger partial charge on any atom is 0.143 e. The van der Waals surface area contributed by atoms with Crippen molar-refractivity contribution in [1.82, 2.24) is 0 Å². The molecule has 1 unspecified atom stereocenters. The normalized spacial score (nSPS) is 17.3. The summed E-state index contributed by atoms with van der Waals surface area (Å²) in [5.74, 6) is 0.0271. The van der Waals surface area contributed by atoms with Gasteiger partial charge in [-0.15, -0.1) is 0 Å². The van der Waals surface area contributed by atoms with Crippen LogP contribution in [0.1, 0.15) is 17.2 Å². The van der Waals surface area contributed by atoms with Crippen LogP contribution in [0.4, 0.5) is 14.5 Å². The zero-order valence-corrected chi connectivity index (χ0v) is 10.4. The fraction of sp³-hybridized carbons (Fsp3) is 0.200. The van der Waals surface area contributed by atoms with E-state index in [1.165, 1.54) is 18.2 Å². The summed E-state index contributed by atoms with van der Waals surface area (Å²) >= 11 is 0. The molecule has 1 heterocycles. The lowest BCUT2D eigenvalue weighted by Crippen LogP contribution is -2.23. The molecule has 2 nitrogen and oxygen atoms in total. The molecule has 98 valence electrons. The topological polar surface area (TPSA) is 21.3 Å². The summed E-state index contributed by atoms with van der Waals surface area (Å²) in [6, 6.07) is 9.37. The first-order valence-electron chi connectivity index (χ1n) is 6.09. The molecule has 0 saturated carbocycles. The SMILES string of the molecule is Cc1ccc(C2CNc3cc(F)ccc3O2)cc1F. The molecule has 1 N–H and O–H groups in total. The van der Waals surface area contributed by atoms with Crippen LogP contribution in [0, 0.1) is 18.6 Å². The first kappa shape index (κ1) is 12.0. The van der Waals surface area contributed by atoms with Gasteiger partial charge in [0.1, 0.15) is 23.5 Å². The minimum atomic E-state index is -0.310. The van der Waals surface area contributed by atoms with Gasteiger partial charge in [-0.3, -0.25) is 0 Å². The molecule has 1 atom stereocenters. The second kappa shape index (κ2) is 4.53. The molecule has 2 aromatic carbocycles. The predicted molar refractivity (Wildman–Crippen MR) is 69.4 cm³/mol. The Bertz CT molecular complexity index is 628. The molecule has 3 rings (SSSR count). The summed E-state index contributed by atoms with van der Waals surface area (Å²) in [6.45, 7) is 2.20. The highest BCUT2D eigenvalue weighted by molar-refractivity contribution is 5.58. The van der Waals surface area contributed by atoms with Crippen molar-refractivity contribution in [2.45, 2.75) is 13.0 Å². The lowest BCUT2D eigenvalue weighted by molar-refractivity contribution is 0.209. The average Bonchev–Trinajstić information content (AvgIpc) is 2.41. The fourth-order valence-electron chi connectivity index (χ4n) is 2.14. The number of hydrogen-bond acceptors (Lipinski definition) is 2. The molecule has 0 spiro atoms. The molecule has 0 bridgehead atoms. The number of ether oxygens (including phenoxy) is 1. The molecular weight excluding hydrogens is 248 g/mol. The third-order valence-electron chi connectivity index (χ3n) is 3.26. The van der Waals surface area contributed by atoms with E-state index in [0.717, 1.165) is 5.56 Å². The van der Waals surface area contributed by atoms with Crippen molar-refractivity contribution in [1.29, 1.82) is 0 Å². The molecular formula is C15H13F2NO. The van der Waals surface area contributed by atoms with Crippen molar-refractivity contribution in [3.63, 3.8) is 0 Å². The van der Waals surface area contributed by atoms with Crippen LogP contribution in [0.5, 0.6) is 5.75 Å². The van der Waals surface area contributed by atoms with Crippen molar-refractivity contribution in [3.05, 3.63) is 59.2 Å². The van der Waals surface area contributed by atoms with Crippen molar-refractivity contribution in [3.8, 4) is 5.75 Å². The number of nitrogens with one attached hydrogen (secondary N) is 1. The van der Waals surface area contributed by atoms with Crippen LogP contribution in [-0.4, -0.2) is 6.54 Å². The Morgan fingerprint density at radius 1 is 1.16 bits per heavy atom. The Hall–Kier alpha value is -2.10. The largest absolute Gasteiger partial charge is 0.482 e. The molecule has 4 heteroatoms. The van der Waals surface area contributed by atoms with E-state index >= 15 is 0 Å². The molecule has 0 fully saturated rings. The molecule has 19 heavy (non-hydrogen) atoms. The summed E-state index contributed by atoms with van der Waals surface area (Å²) in [7, 11) is 0.